The molecule has 16 nitrogen and oxygen atoms in total. The molecule has 2 unspecified atom stereocenters. The number of carbonyl (C=O) groups is 1. The van der Waals surface area contributed by atoms with Gasteiger partial charge in [-0.05, 0) is 63.0 Å². The van der Waals surface area contributed by atoms with Crippen LogP contribution in [0.3, 0.4) is 0 Å². The number of amides is 1. The van der Waals surface area contributed by atoms with E-state index in [9.17, 15) is 15.2 Å². The second-order valence-electron chi connectivity index (χ2n) is 14.5. The van der Waals surface area contributed by atoms with E-state index in [0.717, 1.165) is 49.1 Å². The summed E-state index contributed by atoms with van der Waals surface area (Å²) in [5.74, 6) is 0.590. The fourth-order valence-corrected chi connectivity index (χ4v) is 8.49. The van der Waals surface area contributed by atoms with Crippen LogP contribution in [0.2, 0.25) is 0 Å². The van der Waals surface area contributed by atoms with Crippen LogP contribution < -0.4 is 15.2 Å². The molecule has 2 aliphatic carbocycles. The molecule has 6 heterocycles. The Kier molecular flexibility index (Phi) is 9.26. The lowest BCUT2D eigenvalue weighted by molar-refractivity contribution is -0.131. The van der Waals surface area contributed by atoms with Crippen molar-refractivity contribution in [3.8, 4) is 29.5 Å². The molecule has 1 saturated carbocycles. The van der Waals surface area contributed by atoms with Gasteiger partial charge in [-0.1, -0.05) is 15.5 Å². The first-order valence-corrected chi connectivity index (χ1v) is 18.5. The van der Waals surface area contributed by atoms with Crippen LogP contribution in [0.4, 0.5) is 9.39 Å². The van der Waals surface area contributed by atoms with Crippen molar-refractivity contribution >= 4 is 22.2 Å². The van der Waals surface area contributed by atoms with Gasteiger partial charge in [-0.3, -0.25) is 4.79 Å². The Morgan fingerprint density at radius 3 is 2.79 bits per heavy atom. The number of β-amino-alcohol motifs (C(OH)–C–C–N with tert-alkyl or cyclic N) is 1. The first-order chi connectivity index (χ1) is 25.2. The van der Waals surface area contributed by atoms with E-state index in [0.29, 0.717) is 80.0 Å². The molecule has 4 aliphatic rings. The Balaban J connectivity index is 0.808. The predicted octanol–water partition coefficient (Wildman–Crippen LogP) is 2.74. The Hall–Kier alpha value is -4.73. The van der Waals surface area contributed by atoms with Crippen molar-refractivity contribution in [1.82, 2.24) is 44.9 Å². The number of fused-ring (bicyclic) bond motifs is 1. The molecule has 52 heavy (non-hydrogen) atoms. The average Bonchev–Trinajstić information content (AvgIpc) is 3.61. The number of carbonyl (C=O) groups excluding carboxylic acids is 1. The van der Waals surface area contributed by atoms with Crippen LogP contribution in [-0.4, -0.2) is 114 Å². The summed E-state index contributed by atoms with van der Waals surface area (Å²) in [6, 6.07) is 4.18. The number of anilines is 1. The Morgan fingerprint density at radius 2 is 2.02 bits per heavy atom. The highest BCUT2D eigenvalue weighted by Crippen LogP contribution is 2.47. The number of rotatable bonds is 12. The summed E-state index contributed by atoms with van der Waals surface area (Å²) in [4.78, 5) is 30.9. The van der Waals surface area contributed by atoms with Crippen LogP contribution in [0.1, 0.15) is 72.8 Å². The van der Waals surface area contributed by atoms with E-state index in [1.54, 1.807) is 17.2 Å². The third-order valence-electron chi connectivity index (χ3n) is 10.6. The predicted molar refractivity (Wildman–Crippen MR) is 183 cm³/mol. The molecular formula is C34H40FN11O5S. The van der Waals surface area contributed by atoms with Crippen LogP contribution in [0, 0.1) is 16.7 Å². The maximum absolute atomic E-state index is 15.7. The molecule has 4 aromatic rings. The molecule has 2 atom stereocenters. The first-order valence-electron chi connectivity index (χ1n) is 17.7. The molecule has 1 amide bonds. The highest BCUT2D eigenvalue weighted by atomic mass is 32.1. The van der Waals surface area contributed by atoms with Gasteiger partial charge in [0.1, 0.15) is 35.6 Å². The summed E-state index contributed by atoms with van der Waals surface area (Å²) in [7, 11) is 0. The fraction of sp³-hybridized carbons (Fsp3) is 0.588. The van der Waals surface area contributed by atoms with Crippen molar-refractivity contribution in [1.29, 1.82) is 5.26 Å². The lowest BCUT2D eigenvalue weighted by Crippen LogP contribution is -2.47. The highest BCUT2D eigenvalue weighted by Gasteiger charge is 2.47. The molecule has 274 valence electrons. The lowest BCUT2D eigenvalue weighted by Gasteiger charge is -2.37. The minimum Gasteiger partial charge on any atom is -0.472 e. The molecule has 3 fully saturated rings. The van der Waals surface area contributed by atoms with Crippen LogP contribution in [0.5, 0.6) is 11.9 Å². The largest absolute Gasteiger partial charge is 0.472 e. The van der Waals surface area contributed by atoms with Gasteiger partial charge in [-0.25, -0.2) is 14.1 Å². The van der Waals surface area contributed by atoms with Gasteiger partial charge in [0.2, 0.25) is 17.6 Å². The number of ether oxygens (including phenoxy) is 2. The monoisotopic (exact) mass is 733 g/mol. The number of aromatic nitrogens is 7. The van der Waals surface area contributed by atoms with Crippen molar-refractivity contribution in [2.24, 2.45) is 5.41 Å². The standard InChI is InChI=1S/C34H40FN11O5S/c35-34(20-49-26-16-46(43-41-26)17-27(48)45-11-5-21(47)15-45)8-12-44(13-9-34)18-33(6-7-33)19-50-32-38-10-4-24(39-32)30-40-31(51-42-30)22-2-1-3-25-28(22)23(14-36)29(37)52-25/h4,10,16,21-22,47H,1-3,5-9,11-13,15,17-20,37H2. The van der Waals surface area contributed by atoms with Gasteiger partial charge in [0.05, 0.1) is 30.4 Å². The van der Waals surface area contributed by atoms with E-state index in [1.165, 1.54) is 22.2 Å². The minimum absolute atomic E-state index is 0.0129. The van der Waals surface area contributed by atoms with Crippen molar-refractivity contribution in [3.05, 3.63) is 40.4 Å². The molecule has 2 saturated heterocycles. The summed E-state index contributed by atoms with van der Waals surface area (Å²) in [6.07, 6.45) is 8.44. The number of nitriles is 1. The number of alkyl halides is 1. The van der Waals surface area contributed by atoms with Crippen LogP contribution in [0.25, 0.3) is 11.5 Å². The van der Waals surface area contributed by atoms with Gasteiger partial charge >= 0.3 is 6.01 Å². The number of hydrogen-bond donors (Lipinski definition) is 2. The first kappa shape index (κ1) is 34.4. The molecule has 18 heteroatoms. The SMILES string of the molecule is N#Cc1c(N)sc2c1C(c1nc(-c3ccnc(OCC4(CN5CCC(F)(COc6cn(CC(=O)N7CCC(O)C7)nn6)CC5)CC4)n3)no1)CCC2. The maximum atomic E-state index is 15.7. The van der Waals surface area contributed by atoms with Crippen molar-refractivity contribution in [2.45, 2.75) is 75.6 Å². The summed E-state index contributed by atoms with van der Waals surface area (Å²) in [5.41, 5.74) is 6.47. The average molecular weight is 734 g/mol. The zero-order valence-corrected chi connectivity index (χ0v) is 29.4. The molecule has 4 aromatic heterocycles. The lowest BCUT2D eigenvalue weighted by atomic mass is 9.85. The number of hydrogen-bond acceptors (Lipinski definition) is 15. The maximum Gasteiger partial charge on any atom is 0.317 e. The number of aliphatic hydroxyl groups is 1. The van der Waals surface area contributed by atoms with E-state index >= 15 is 4.39 Å². The fourth-order valence-electron chi connectivity index (χ4n) is 7.36. The van der Waals surface area contributed by atoms with E-state index in [1.807, 2.05) is 0 Å². The summed E-state index contributed by atoms with van der Waals surface area (Å²) in [6.45, 7) is 3.09. The molecule has 2 aliphatic heterocycles. The molecule has 0 spiro atoms. The normalized spacial score (nSPS) is 22.1. The third kappa shape index (κ3) is 7.30. The Bertz CT molecular complexity index is 1960. The quantitative estimate of drug-likeness (QED) is 0.215. The second kappa shape index (κ2) is 14.0. The van der Waals surface area contributed by atoms with Gasteiger partial charge in [0.15, 0.2) is 0 Å². The molecule has 3 N–H and O–H groups in total. The summed E-state index contributed by atoms with van der Waals surface area (Å²) < 4.78 is 34.6. The zero-order valence-electron chi connectivity index (χ0n) is 28.6. The van der Waals surface area contributed by atoms with Gasteiger partial charge in [0.25, 0.3) is 5.88 Å². The van der Waals surface area contributed by atoms with Crippen molar-refractivity contribution in [2.75, 3.05) is 51.7 Å². The molecule has 0 radical (unpaired) electrons. The van der Waals surface area contributed by atoms with Crippen LogP contribution in [-0.2, 0) is 17.8 Å². The number of aliphatic hydroxyl groups excluding tert-OH is 1. The summed E-state index contributed by atoms with van der Waals surface area (Å²) >= 11 is 1.46. The number of nitrogens with two attached hydrogens (primary N) is 1. The van der Waals surface area contributed by atoms with Crippen LogP contribution >= 0.6 is 11.3 Å². The number of likely N-dealkylation sites (tertiary alicyclic amines) is 2. The number of piperidine rings is 1. The van der Waals surface area contributed by atoms with Crippen molar-refractivity contribution < 1.29 is 28.3 Å². The van der Waals surface area contributed by atoms with Crippen LogP contribution in [0.15, 0.2) is 23.0 Å². The van der Waals surface area contributed by atoms with Gasteiger partial charge in [-0.15, -0.1) is 11.3 Å². The van der Waals surface area contributed by atoms with E-state index < -0.39 is 11.8 Å². The number of aryl methyl sites for hydroxylation is 1. The third-order valence-corrected chi connectivity index (χ3v) is 11.7. The van der Waals surface area contributed by atoms with E-state index in [4.69, 9.17) is 19.7 Å². The molecule has 0 aromatic carbocycles. The number of nitrogens with zero attached hydrogens (tertiary/aromatic N) is 10. The molecule has 8 rings (SSSR count). The van der Waals surface area contributed by atoms with Gasteiger partial charge in [0, 0.05) is 49.2 Å². The second-order valence-corrected chi connectivity index (χ2v) is 15.6. The van der Waals surface area contributed by atoms with E-state index in [2.05, 4.69) is 41.4 Å². The smallest absolute Gasteiger partial charge is 0.317 e. The van der Waals surface area contributed by atoms with Gasteiger partial charge in [-0.2, -0.15) is 15.2 Å². The molecule has 0 bridgehead atoms. The van der Waals surface area contributed by atoms with Crippen molar-refractivity contribution in [3.63, 3.8) is 0 Å². The Labute approximate surface area is 302 Å². The zero-order chi connectivity index (χ0) is 35.9. The topological polar surface area (TPSA) is 207 Å². The minimum atomic E-state index is -1.49. The number of thiophene rings is 1. The highest BCUT2D eigenvalue weighted by molar-refractivity contribution is 7.16. The summed E-state index contributed by atoms with van der Waals surface area (Å²) in [5, 5.41) is 32.0. The Morgan fingerprint density at radius 1 is 1.17 bits per heavy atom. The van der Waals surface area contributed by atoms with E-state index in [-0.39, 0.29) is 42.3 Å². The number of halogens is 1. The van der Waals surface area contributed by atoms with Gasteiger partial charge < -0.3 is 34.6 Å². The molecular weight excluding hydrogens is 694 g/mol. The number of nitrogen functional groups attached to an aromatic ring is 1.